The van der Waals surface area contributed by atoms with Crippen LogP contribution in [0.15, 0.2) is 0 Å². The van der Waals surface area contributed by atoms with Gasteiger partial charge in [0.15, 0.2) is 0 Å². The summed E-state index contributed by atoms with van der Waals surface area (Å²) in [6, 6.07) is 0. The van der Waals surface area contributed by atoms with Crippen molar-refractivity contribution in [1.29, 1.82) is 0 Å². The predicted octanol–water partition coefficient (Wildman–Crippen LogP) is 2.75. The van der Waals surface area contributed by atoms with Gasteiger partial charge in [-0.25, -0.2) is 4.39 Å². The highest BCUT2D eigenvalue weighted by Crippen LogP contribution is 2.29. The zero-order chi connectivity index (χ0) is 6.85. The van der Waals surface area contributed by atoms with E-state index in [4.69, 9.17) is 11.6 Å². The number of hydrogen-bond donors (Lipinski definition) is 0. The van der Waals surface area contributed by atoms with E-state index < -0.39 is 6.17 Å². The predicted molar refractivity (Wildman–Crippen MR) is 37.6 cm³/mol. The number of halogens is 2. The molecule has 0 N–H and O–H groups in total. The van der Waals surface area contributed by atoms with Crippen LogP contribution < -0.4 is 0 Å². The molecule has 54 valence electrons. The van der Waals surface area contributed by atoms with Crippen molar-refractivity contribution in [3.63, 3.8) is 0 Å². The average molecular weight is 151 g/mol. The van der Waals surface area contributed by atoms with Gasteiger partial charge in [-0.05, 0) is 25.2 Å². The highest BCUT2D eigenvalue weighted by Gasteiger charge is 2.26. The summed E-state index contributed by atoms with van der Waals surface area (Å²) in [5.41, 5.74) is 0. The first-order valence-corrected chi connectivity index (χ1v) is 3.92. The molecule has 2 heteroatoms. The van der Waals surface area contributed by atoms with Crippen LogP contribution in [-0.4, -0.2) is 11.5 Å². The Morgan fingerprint density at radius 3 is 2.56 bits per heavy atom. The van der Waals surface area contributed by atoms with Crippen LogP contribution >= 0.6 is 11.6 Å². The third kappa shape index (κ3) is 1.82. The molecule has 0 aromatic heterocycles. The Morgan fingerprint density at radius 2 is 2.11 bits per heavy atom. The maximum absolute atomic E-state index is 12.7. The summed E-state index contributed by atoms with van der Waals surface area (Å²) in [4.78, 5) is 0. The fourth-order valence-corrected chi connectivity index (χ4v) is 1.50. The number of alkyl halides is 2. The molecule has 1 fully saturated rings. The van der Waals surface area contributed by atoms with Crippen LogP contribution in [0.25, 0.3) is 0 Å². The normalized spacial score (nSPS) is 45.0. The summed E-state index contributed by atoms with van der Waals surface area (Å²) in [6.07, 6.45) is 1.85. The van der Waals surface area contributed by atoms with Crippen LogP contribution in [0.5, 0.6) is 0 Å². The van der Waals surface area contributed by atoms with Crippen LogP contribution in [0.1, 0.15) is 26.2 Å². The lowest BCUT2D eigenvalue weighted by Crippen LogP contribution is -2.25. The van der Waals surface area contributed by atoms with Gasteiger partial charge in [0.25, 0.3) is 0 Å². The Hall–Kier alpha value is 0.220. The quantitative estimate of drug-likeness (QED) is 0.466. The van der Waals surface area contributed by atoms with Gasteiger partial charge in [-0.15, -0.1) is 11.6 Å². The molecule has 0 saturated heterocycles. The van der Waals surface area contributed by atoms with E-state index in [1.807, 2.05) is 0 Å². The molecule has 0 amide bonds. The molecule has 3 atom stereocenters. The highest BCUT2D eigenvalue weighted by atomic mass is 35.5. The molecule has 0 spiro atoms. The van der Waals surface area contributed by atoms with Gasteiger partial charge >= 0.3 is 0 Å². The van der Waals surface area contributed by atoms with E-state index in [0.717, 1.165) is 12.8 Å². The Kier molecular flexibility index (Phi) is 2.34. The molecular formula is C7H12ClF. The molecule has 0 aromatic rings. The summed E-state index contributed by atoms with van der Waals surface area (Å²) in [7, 11) is 0. The van der Waals surface area contributed by atoms with Crippen molar-refractivity contribution in [2.45, 2.75) is 37.7 Å². The van der Waals surface area contributed by atoms with E-state index in [2.05, 4.69) is 6.92 Å². The molecular weight excluding hydrogens is 139 g/mol. The van der Waals surface area contributed by atoms with Crippen molar-refractivity contribution in [2.75, 3.05) is 0 Å². The van der Waals surface area contributed by atoms with E-state index in [1.54, 1.807) is 0 Å². The van der Waals surface area contributed by atoms with E-state index in [-0.39, 0.29) is 5.38 Å². The van der Waals surface area contributed by atoms with Crippen molar-refractivity contribution in [3.05, 3.63) is 0 Å². The van der Waals surface area contributed by atoms with E-state index in [9.17, 15) is 4.39 Å². The van der Waals surface area contributed by atoms with Crippen LogP contribution in [0.4, 0.5) is 4.39 Å². The second-order valence-corrected chi connectivity index (χ2v) is 3.51. The largest absolute Gasteiger partial charge is 0.246 e. The standard InChI is InChI=1S/C7H12ClF/c1-5-2-3-6(8)7(9)4-5/h5-7H,2-4H2,1H3/t5?,6-,7?/m0/s1. The highest BCUT2D eigenvalue weighted by molar-refractivity contribution is 6.21. The first-order chi connectivity index (χ1) is 4.20. The molecule has 0 aromatic carbocycles. The molecule has 9 heavy (non-hydrogen) atoms. The molecule has 0 aliphatic heterocycles. The van der Waals surface area contributed by atoms with Crippen molar-refractivity contribution in [3.8, 4) is 0 Å². The Morgan fingerprint density at radius 1 is 1.44 bits per heavy atom. The molecule has 0 radical (unpaired) electrons. The van der Waals surface area contributed by atoms with Crippen LogP contribution in [0, 0.1) is 5.92 Å². The second kappa shape index (κ2) is 2.87. The first-order valence-electron chi connectivity index (χ1n) is 3.48. The zero-order valence-corrected chi connectivity index (χ0v) is 6.37. The number of hydrogen-bond acceptors (Lipinski definition) is 0. The molecule has 0 heterocycles. The average Bonchev–Trinajstić information content (AvgIpc) is 1.80. The van der Waals surface area contributed by atoms with Gasteiger partial charge in [0.1, 0.15) is 6.17 Å². The third-order valence-corrected chi connectivity index (χ3v) is 2.45. The molecule has 1 saturated carbocycles. The summed E-state index contributed by atoms with van der Waals surface area (Å²) < 4.78 is 12.7. The summed E-state index contributed by atoms with van der Waals surface area (Å²) >= 11 is 5.66. The van der Waals surface area contributed by atoms with E-state index in [1.165, 1.54) is 0 Å². The number of rotatable bonds is 0. The molecule has 1 aliphatic rings. The van der Waals surface area contributed by atoms with Gasteiger partial charge < -0.3 is 0 Å². The van der Waals surface area contributed by atoms with Crippen molar-refractivity contribution < 1.29 is 4.39 Å². The summed E-state index contributed by atoms with van der Waals surface area (Å²) in [5.74, 6) is 0.537. The minimum absolute atomic E-state index is 0.207. The lowest BCUT2D eigenvalue weighted by molar-refractivity contribution is 0.213. The van der Waals surface area contributed by atoms with E-state index in [0.29, 0.717) is 12.3 Å². The summed E-state index contributed by atoms with van der Waals surface area (Å²) in [5, 5.41) is -0.207. The Bertz CT molecular complexity index is 94.9. The molecule has 1 rings (SSSR count). The van der Waals surface area contributed by atoms with Crippen LogP contribution in [0.3, 0.4) is 0 Å². The second-order valence-electron chi connectivity index (χ2n) is 2.95. The fourth-order valence-electron chi connectivity index (χ4n) is 1.27. The van der Waals surface area contributed by atoms with Gasteiger partial charge in [-0.2, -0.15) is 0 Å². The SMILES string of the molecule is CC1CC[C@H](Cl)C(F)C1. The van der Waals surface area contributed by atoms with Crippen LogP contribution in [0.2, 0.25) is 0 Å². The third-order valence-electron chi connectivity index (χ3n) is 1.96. The minimum atomic E-state index is -0.754. The van der Waals surface area contributed by atoms with Gasteiger partial charge in [0.2, 0.25) is 0 Å². The van der Waals surface area contributed by atoms with Gasteiger partial charge in [0.05, 0.1) is 5.38 Å². The first kappa shape index (κ1) is 7.33. The maximum atomic E-state index is 12.7. The Balaban J connectivity index is 2.35. The van der Waals surface area contributed by atoms with Gasteiger partial charge in [0, 0.05) is 0 Å². The molecule has 2 unspecified atom stereocenters. The maximum Gasteiger partial charge on any atom is 0.117 e. The monoisotopic (exact) mass is 150 g/mol. The van der Waals surface area contributed by atoms with Gasteiger partial charge in [-0.3, -0.25) is 0 Å². The van der Waals surface area contributed by atoms with Crippen molar-refractivity contribution in [2.24, 2.45) is 5.92 Å². The van der Waals surface area contributed by atoms with Crippen LogP contribution in [-0.2, 0) is 0 Å². The minimum Gasteiger partial charge on any atom is -0.246 e. The summed E-state index contributed by atoms with van der Waals surface area (Å²) in [6.45, 7) is 2.08. The molecule has 1 aliphatic carbocycles. The van der Waals surface area contributed by atoms with E-state index >= 15 is 0 Å². The zero-order valence-electron chi connectivity index (χ0n) is 5.61. The lowest BCUT2D eigenvalue weighted by atomic mass is 9.89. The van der Waals surface area contributed by atoms with Crippen molar-refractivity contribution >= 4 is 11.6 Å². The fraction of sp³-hybridized carbons (Fsp3) is 1.00. The topological polar surface area (TPSA) is 0 Å². The Labute approximate surface area is 60.4 Å². The molecule has 0 bridgehead atoms. The lowest BCUT2D eigenvalue weighted by Gasteiger charge is -2.25. The smallest absolute Gasteiger partial charge is 0.117 e. The molecule has 0 nitrogen and oxygen atoms in total. The van der Waals surface area contributed by atoms with Gasteiger partial charge in [-0.1, -0.05) is 6.92 Å². The van der Waals surface area contributed by atoms with Crippen molar-refractivity contribution in [1.82, 2.24) is 0 Å².